The second kappa shape index (κ2) is 8.28. The molecule has 2 rings (SSSR count). The minimum absolute atomic E-state index is 0.357. The highest BCUT2D eigenvalue weighted by molar-refractivity contribution is 7.08. The van der Waals surface area contributed by atoms with Gasteiger partial charge in [0.25, 0.3) is 0 Å². The molecule has 3 nitrogen and oxygen atoms in total. The van der Waals surface area contributed by atoms with Crippen LogP contribution in [0.3, 0.4) is 0 Å². The molecular weight excluding hydrogens is 256 g/mol. The van der Waals surface area contributed by atoms with E-state index in [0.29, 0.717) is 12.5 Å². The average Bonchev–Trinajstić information content (AvgIpc) is 2.88. The minimum atomic E-state index is 0.357. The van der Waals surface area contributed by atoms with Crippen molar-refractivity contribution in [3.8, 4) is 29.0 Å². The predicted octanol–water partition coefficient (Wildman–Crippen LogP) is 3.94. The van der Waals surface area contributed by atoms with Gasteiger partial charge < -0.3 is 4.74 Å². The Balaban J connectivity index is 0.000000861. The molecule has 0 radical (unpaired) electrons. The van der Waals surface area contributed by atoms with Crippen LogP contribution in [0.1, 0.15) is 26.3 Å². The molecule has 0 aliphatic rings. The molecule has 0 saturated heterocycles. The molecule has 2 heterocycles. The Bertz CT molecular complexity index is 567. The van der Waals surface area contributed by atoms with Crippen molar-refractivity contribution in [1.82, 2.24) is 9.97 Å². The number of thiophene rings is 1. The quantitative estimate of drug-likeness (QED) is 0.795. The largest absolute Gasteiger partial charge is 0.464 e. The smallest absolute Gasteiger partial charge is 0.217 e. The van der Waals surface area contributed by atoms with Crippen molar-refractivity contribution >= 4 is 11.3 Å². The lowest BCUT2D eigenvalue weighted by Crippen LogP contribution is -1.97. The monoisotopic (exact) mass is 274 g/mol. The van der Waals surface area contributed by atoms with Crippen LogP contribution in [0.25, 0.3) is 11.3 Å². The summed E-state index contributed by atoms with van der Waals surface area (Å²) in [5.41, 5.74) is 3.23. The van der Waals surface area contributed by atoms with Crippen LogP contribution < -0.4 is 4.74 Å². The first-order valence-electron chi connectivity index (χ1n) is 6.19. The van der Waals surface area contributed by atoms with E-state index in [1.807, 2.05) is 19.9 Å². The maximum Gasteiger partial charge on any atom is 0.217 e. The maximum absolute atomic E-state index is 5.40. The lowest BCUT2D eigenvalue weighted by molar-refractivity contribution is 0.355. The number of rotatable bonds is 3. The first kappa shape index (κ1) is 15.2. The van der Waals surface area contributed by atoms with E-state index in [2.05, 4.69) is 39.5 Å². The van der Waals surface area contributed by atoms with E-state index < -0.39 is 0 Å². The molecule has 0 spiro atoms. The van der Waals surface area contributed by atoms with E-state index >= 15 is 0 Å². The van der Waals surface area contributed by atoms with E-state index in [-0.39, 0.29) is 0 Å². The van der Waals surface area contributed by atoms with Crippen LogP contribution in [0.2, 0.25) is 0 Å². The number of ether oxygens (including phenoxy) is 1. The molecule has 0 amide bonds. The summed E-state index contributed by atoms with van der Waals surface area (Å²) in [6, 6.07) is 1.84. The fourth-order valence-electron chi connectivity index (χ4n) is 1.37. The molecule has 2 aromatic heterocycles. The first-order valence-corrected chi connectivity index (χ1v) is 7.13. The van der Waals surface area contributed by atoms with E-state index in [4.69, 9.17) is 4.74 Å². The molecule has 0 saturated carbocycles. The molecule has 0 fully saturated rings. The average molecular weight is 274 g/mol. The third kappa shape index (κ3) is 4.38. The van der Waals surface area contributed by atoms with Gasteiger partial charge in [0.05, 0.1) is 5.69 Å². The van der Waals surface area contributed by atoms with Crippen molar-refractivity contribution in [3.05, 3.63) is 28.7 Å². The fraction of sp³-hybridized carbons (Fsp3) is 0.333. The Morgan fingerprint density at radius 2 is 2.05 bits per heavy atom. The van der Waals surface area contributed by atoms with Crippen LogP contribution in [-0.4, -0.2) is 16.6 Å². The summed E-state index contributed by atoms with van der Waals surface area (Å²) in [5, 5.41) is 4.17. The highest BCUT2D eigenvalue weighted by atomic mass is 32.1. The molecule has 2 aromatic rings. The zero-order valence-electron chi connectivity index (χ0n) is 11.7. The van der Waals surface area contributed by atoms with Crippen LogP contribution >= 0.6 is 11.3 Å². The maximum atomic E-state index is 5.40. The van der Waals surface area contributed by atoms with Crippen molar-refractivity contribution in [3.63, 3.8) is 0 Å². The molecule has 0 bridgehead atoms. The van der Waals surface area contributed by atoms with Gasteiger partial charge >= 0.3 is 0 Å². The second-order valence-corrected chi connectivity index (χ2v) is 4.17. The summed E-state index contributed by atoms with van der Waals surface area (Å²) in [4.78, 5) is 8.30. The van der Waals surface area contributed by atoms with Gasteiger partial charge in [0, 0.05) is 17.0 Å². The van der Waals surface area contributed by atoms with E-state index in [1.165, 1.54) is 11.9 Å². The topological polar surface area (TPSA) is 35.0 Å². The number of nitrogens with zero attached hydrogens (tertiary/aromatic N) is 2. The third-order valence-corrected chi connectivity index (χ3v) is 3.10. The molecule has 0 atom stereocenters. The van der Waals surface area contributed by atoms with Gasteiger partial charge in [-0.05, 0) is 24.8 Å². The lowest BCUT2D eigenvalue weighted by Gasteiger charge is -2.03. The molecule has 0 aliphatic carbocycles. The second-order valence-electron chi connectivity index (χ2n) is 3.43. The van der Waals surface area contributed by atoms with Crippen molar-refractivity contribution < 1.29 is 4.74 Å². The van der Waals surface area contributed by atoms with E-state index in [1.54, 1.807) is 18.3 Å². The van der Waals surface area contributed by atoms with E-state index in [0.717, 1.165) is 11.3 Å². The Hall–Kier alpha value is -1.86. The standard InChI is InChI=1S/C13H12N2OS.C2H6/c1-3-4-5-16-13-6-12(14-9-15-13)11-8-17-7-10(11)2;1-2/h6-9H,5H2,1-2H3;1-2H3. The Morgan fingerprint density at radius 1 is 1.26 bits per heavy atom. The van der Waals surface area contributed by atoms with E-state index in [9.17, 15) is 0 Å². The van der Waals surface area contributed by atoms with Gasteiger partial charge in [-0.2, -0.15) is 11.3 Å². The molecule has 19 heavy (non-hydrogen) atoms. The molecule has 0 aromatic carbocycles. The van der Waals surface area contributed by atoms with Gasteiger partial charge in [-0.25, -0.2) is 9.97 Å². The molecule has 4 heteroatoms. The summed E-state index contributed by atoms with van der Waals surface area (Å²) >= 11 is 1.66. The van der Waals surface area contributed by atoms with Crippen molar-refractivity contribution in [2.24, 2.45) is 0 Å². The number of hydrogen-bond acceptors (Lipinski definition) is 4. The van der Waals surface area contributed by atoms with Crippen LogP contribution in [0, 0.1) is 18.8 Å². The number of aromatic nitrogens is 2. The highest BCUT2D eigenvalue weighted by Crippen LogP contribution is 2.26. The summed E-state index contributed by atoms with van der Waals surface area (Å²) in [7, 11) is 0. The summed E-state index contributed by atoms with van der Waals surface area (Å²) in [5.74, 6) is 6.16. The first-order chi connectivity index (χ1) is 9.31. The predicted molar refractivity (Wildman–Crippen MR) is 80.4 cm³/mol. The summed E-state index contributed by atoms with van der Waals surface area (Å²) in [6.45, 7) is 8.20. The molecule has 0 N–H and O–H groups in total. The van der Waals surface area contributed by atoms with Crippen molar-refractivity contribution in [2.45, 2.75) is 27.7 Å². The Kier molecular flexibility index (Phi) is 6.62. The van der Waals surface area contributed by atoms with Crippen LogP contribution in [0.15, 0.2) is 23.2 Å². The van der Waals surface area contributed by atoms with Crippen LogP contribution in [-0.2, 0) is 0 Å². The van der Waals surface area contributed by atoms with Gasteiger partial charge in [-0.15, -0.1) is 5.92 Å². The van der Waals surface area contributed by atoms with Gasteiger partial charge in [0.1, 0.15) is 6.33 Å². The Morgan fingerprint density at radius 3 is 2.68 bits per heavy atom. The van der Waals surface area contributed by atoms with Gasteiger partial charge in [0.2, 0.25) is 5.88 Å². The summed E-state index contributed by atoms with van der Waals surface area (Å²) in [6.07, 6.45) is 1.52. The van der Waals surface area contributed by atoms with Gasteiger partial charge in [-0.1, -0.05) is 19.8 Å². The SMILES string of the molecule is CC.CC#CCOc1cc(-c2cscc2C)ncn1. The molecule has 100 valence electrons. The van der Waals surface area contributed by atoms with Crippen molar-refractivity contribution in [2.75, 3.05) is 6.61 Å². The zero-order valence-corrected chi connectivity index (χ0v) is 12.5. The number of aryl methyl sites for hydroxylation is 1. The minimum Gasteiger partial charge on any atom is -0.464 e. The van der Waals surface area contributed by atoms with Crippen LogP contribution in [0.4, 0.5) is 0 Å². The highest BCUT2D eigenvalue weighted by Gasteiger charge is 2.06. The third-order valence-electron chi connectivity index (χ3n) is 2.24. The van der Waals surface area contributed by atoms with Crippen LogP contribution in [0.5, 0.6) is 5.88 Å². The fourth-order valence-corrected chi connectivity index (χ4v) is 2.21. The molecule has 0 aliphatic heterocycles. The lowest BCUT2D eigenvalue weighted by atomic mass is 10.1. The number of hydrogen-bond donors (Lipinski definition) is 0. The Labute approximate surface area is 118 Å². The normalized spacial score (nSPS) is 8.84. The molecule has 0 unspecified atom stereocenters. The van der Waals surface area contributed by atoms with Crippen molar-refractivity contribution in [1.29, 1.82) is 0 Å². The van der Waals surface area contributed by atoms with Gasteiger partial charge in [0.15, 0.2) is 6.61 Å². The zero-order chi connectivity index (χ0) is 14.1. The van der Waals surface area contributed by atoms with Gasteiger partial charge in [-0.3, -0.25) is 0 Å². The molecular formula is C15H18N2OS. The summed E-state index contributed by atoms with van der Waals surface area (Å²) < 4.78 is 5.40.